The van der Waals surface area contributed by atoms with Crippen LogP contribution in [0.5, 0.6) is 0 Å². The largest absolute Gasteiger partial charge is 0.337 e. The Bertz CT molecular complexity index is 596. The zero-order valence-corrected chi connectivity index (χ0v) is 12.3. The van der Waals surface area contributed by atoms with Crippen molar-refractivity contribution >= 4 is 17.4 Å². The first-order valence-corrected chi connectivity index (χ1v) is 7.70. The molecule has 1 atom stereocenters. The van der Waals surface area contributed by atoms with E-state index in [4.69, 9.17) is 0 Å². The van der Waals surface area contributed by atoms with E-state index >= 15 is 0 Å². The first-order valence-electron chi connectivity index (χ1n) is 6.93. The third-order valence-corrected chi connectivity index (χ3v) is 4.45. The van der Waals surface area contributed by atoms with E-state index in [1.165, 1.54) is 18.0 Å². The van der Waals surface area contributed by atoms with Crippen molar-refractivity contribution in [3.8, 4) is 10.4 Å². The zero-order valence-electron chi connectivity index (χ0n) is 11.5. The van der Waals surface area contributed by atoms with Crippen LogP contribution in [0.2, 0.25) is 0 Å². The minimum Gasteiger partial charge on any atom is -0.337 e. The van der Waals surface area contributed by atoms with Crippen molar-refractivity contribution in [1.29, 1.82) is 0 Å². The van der Waals surface area contributed by atoms with Crippen molar-refractivity contribution in [2.45, 2.75) is 19.8 Å². The molecule has 0 bridgehead atoms. The lowest BCUT2D eigenvalue weighted by Gasteiger charge is -2.30. The normalized spacial score (nSPS) is 19.1. The lowest BCUT2D eigenvalue weighted by atomic mass is 10.00. The monoisotopic (exact) mass is 287 g/mol. The Kier molecular flexibility index (Phi) is 3.78. The number of benzene rings is 1. The van der Waals surface area contributed by atoms with Gasteiger partial charge in [0, 0.05) is 13.1 Å². The minimum atomic E-state index is 0.0177. The fraction of sp³-hybridized carbons (Fsp3) is 0.400. The van der Waals surface area contributed by atoms with E-state index in [0.717, 1.165) is 30.0 Å². The van der Waals surface area contributed by atoms with Crippen LogP contribution in [0.15, 0.2) is 30.3 Å². The summed E-state index contributed by atoms with van der Waals surface area (Å²) in [6.07, 6.45) is 2.27. The van der Waals surface area contributed by atoms with Crippen molar-refractivity contribution in [3.63, 3.8) is 0 Å². The molecule has 4 nitrogen and oxygen atoms in total. The van der Waals surface area contributed by atoms with E-state index in [1.54, 1.807) is 0 Å². The van der Waals surface area contributed by atoms with Crippen molar-refractivity contribution in [3.05, 3.63) is 36.0 Å². The van der Waals surface area contributed by atoms with Gasteiger partial charge in [-0.2, -0.15) is 0 Å². The molecule has 1 saturated heterocycles. The highest BCUT2D eigenvalue weighted by Crippen LogP contribution is 2.27. The predicted octanol–water partition coefficient (Wildman–Crippen LogP) is 3.08. The van der Waals surface area contributed by atoms with Crippen molar-refractivity contribution < 1.29 is 4.79 Å². The standard InChI is InChI=1S/C15H17N3OS/c1-11-6-5-9-18(10-11)15(19)13-14(20-17-16-13)12-7-3-2-4-8-12/h2-4,7-8,11H,5-6,9-10H2,1H3/t11-/m1/s1. The van der Waals surface area contributed by atoms with E-state index in [-0.39, 0.29) is 5.91 Å². The van der Waals surface area contributed by atoms with E-state index in [9.17, 15) is 4.79 Å². The number of amides is 1. The Morgan fingerprint density at radius 3 is 2.90 bits per heavy atom. The molecule has 1 fully saturated rings. The van der Waals surface area contributed by atoms with Gasteiger partial charge in [-0.15, -0.1) is 5.10 Å². The maximum absolute atomic E-state index is 12.6. The summed E-state index contributed by atoms with van der Waals surface area (Å²) in [5.41, 5.74) is 1.51. The average molecular weight is 287 g/mol. The first-order chi connectivity index (χ1) is 9.75. The van der Waals surface area contributed by atoms with Gasteiger partial charge in [0.05, 0.1) is 4.88 Å². The summed E-state index contributed by atoms with van der Waals surface area (Å²) < 4.78 is 3.98. The van der Waals surface area contributed by atoms with Crippen LogP contribution in [-0.2, 0) is 0 Å². The van der Waals surface area contributed by atoms with Gasteiger partial charge in [-0.1, -0.05) is 41.7 Å². The number of carbonyl (C=O) groups is 1. The van der Waals surface area contributed by atoms with Crippen molar-refractivity contribution in [2.24, 2.45) is 5.92 Å². The Morgan fingerprint density at radius 2 is 2.15 bits per heavy atom. The Balaban J connectivity index is 1.88. The molecule has 0 N–H and O–H groups in total. The van der Waals surface area contributed by atoms with E-state index in [1.807, 2.05) is 35.2 Å². The van der Waals surface area contributed by atoms with Crippen LogP contribution in [-0.4, -0.2) is 33.5 Å². The smallest absolute Gasteiger partial charge is 0.275 e. The fourth-order valence-electron chi connectivity index (χ4n) is 2.63. The fourth-order valence-corrected chi connectivity index (χ4v) is 3.29. The number of carbonyl (C=O) groups excluding carboxylic acids is 1. The van der Waals surface area contributed by atoms with Gasteiger partial charge >= 0.3 is 0 Å². The van der Waals surface area contributed by atoms with Gasteiger partial charge in [-0.25, -0.2) is 0 Å². The number of rotatable bonds is 2. The molecular formula is C15H17N3OS. The summed E-state index contributed by atoms with van der Waals surface area (Å²) in [5.74, 6) is 0.587. The third-order valence-electron chi connectivity index (χ3n) is 3.67. The van der Waals surface area contributed by atoms with Crippen LogP contribution in [0.25, 0.3) is 10.4 Å². The predicted molar refractivity (Wildman–Crippen MR) is 79.6 cm³/mol. The molecule has 0 spiro atoms. The summed E-state index contributed by atoms with van der Waals surface area (Å²) in [7, 11) is 0. The Morgan fingerprint density at radius 1 is 1.35 bits per heavy atom. The lowest BCUT2D eigenvalue weighted by molar-refractivity contribution is 0.0678. The quantitative estimate of drug-likeness (QED) is 0.852. The van der Waals surface area contributed by atoms with Gasteiger partial charge in [0.15, 0.2) is 5.69 Å². The molecule has 3 rings (SSSR count). The highest BCUT2D eigenvalue weighted by atomic mass is 32.1. The van der Waals surface area contributed by atoms with Gasteiger partial charge in [0.25, 0.3) is 5.91 Å². The molecule has 0 radical (unpaired) electrons. The number of likely N-dealkylation sites (tertiary alicyclic amines) is 1. The molecule has 0 aliphatic carbocycles. The number of hydrogen-bond donors (Lipinski definition) is 0. The number of hydrogen-bond acceptors (Lipinski definition) is 4. The first kappa shape index (κ1) is 13.2. The summed E-state index contributed by atoms with van der Waals surface area (Å²) >= 11 is 1.29. The van der Waals surface area contributed by atoms with Crippen LogP contribution in [0, 0.1) is 5.92 Å². The van der Waals surface area contributed by atoms with Crippen LogP contribution in [0.1, 0.15) is 30.3 Å². The molecule has 5 heteroatoms. The van der Waals surface area contributed by atoms with Crippen molar-refractivity contribution in [1.82, 2.24) is 14.5 Å². The van der Waals surface area contributed by atoms with Gasteiger partial charge in [0.1, 0.15) is 0 Å². The lowest BCUT2D eigenvalue weighted by Crippen LogP contribution is -2.39. The molecule has 2 heterocycles. The molecule has 2 aromatic rings. The van der Waals surface area contributed by atoms with E-state index in [0.29, 0.717) is 11.6 Å². The topological polar surface area (TPSA) is 46.1 Å². The average Bonchev–Trinajstić information content (AvgIpc) is 2.97. The molecule has 1 aromatic carbocycles. The molecule has 0 saturated carbocycles. The van der Waals surface area contributed by atoms with Crippen molar-refractivity contribution in [2.75, 3.05) is 13.1 Å². The molecule has 1 aliphatic rings. The van der Waals surface area contributed by atoms with Gasteiger partial charge in [-0.05, 0) is 35.9 Å². The van der Waals surface area contributed by atoms with Crippen LogP contribution in [0.4, 0.5) is 0 Å². The summed E-state index contributed by atoms with van der Waals surface area (Å²) in [5, 5.41) is 4.07. The van der Waals surface area contributed by atoms with Gasteiger partial charge < -0.3 is 4.90 Å². The maximum atomic E-state index is 12.6. The summed E-state index contributed by atoms with van der Waals surface area (Å²) in [6, 6.07) is 9.87. The molecule has 1 aromatic heterocycles. The van der Waals surface area contributed by atoms with Crippen LogP contribution in [0.3, 0.4) is 0 Å². The summed E-state index contributed by atoms with van der Waals surface area (Å²) in [6.45, 7) is 3.84. The third kappa shape index (κ3) is 2.58. The minimum absolute atomic E-state index is 0.0177. The van der Waals surface area contributed by atoms with Gasteiger partial charge in [0.2, 0.25) is 0 Å². The second-order valence-electron chi connectivity index (χ2n) is 5.32. The molecule has 0 unspecified atom stereocenters. The Labute approximate surface area is 122 Å². The molecule has 20 heavy (non-hydrogen) atoms. The number of nitrogens with zero attached hydrogens (tertiary/aromatic N) is 3. The second-order valence-corrected chi connectivity index (χ2v) is 6.07. The molecule has 1 amide bonds. The highest BCUT2D eigenvalue weighted by molar-refractivity contribution is 7.09. The molecule has 104 valence electrons. The molecule has 1 aliphatic heterocycles. The van der Waals surface area contributed by atoms with E-state index in [2.05, 4.69) is 16.5 Å². The van der Waals surface area contributed by atoms with Gasteiger partial charge in [-0.3, -0.25) is 4.79 Å². The second kappa shape index (κ2) is 5.71. The number of aromatic nitrogens is 2. The summed E-state index contributed by atoms with van der Waals surface area (Å²) in [4.78, 5) is 15.4. The maximum Gasteiger partial charge on any atom is 0.275 e. The SMILES string of the molecule is C[C@@H]1CCCN(C(=O)c2nnsc2-c2ccccc2)C1. The highest BCUT2D eigenvalue weighted by Gasteiger charge is 2.26. The van der Waals surface area contributed by atoms with E-state index < -0.39 is 0 Å². The Hall–Kier alpha value is -1.75. The molecular weight excluding hydrogens is 270 g/mol. The van der Waals surface area contributed by atoms with Crippen LogP contribution >= 0.6 is 11.5 Å². The number of piperidine rings is 1. The zero-order chi connectivity index (χ0) is 13.9. The van der Waals surface area contributed by atoms with Crippen LogP contribution < -0.4 is 0 Å².